The van der Waals surface area contributed by atoms with Crippen LogP contribution in [0.5, 0.6) is 0 Å². The Labute approximate surface area is 189 Å². The van der Waals surface area contributed by atoms with Gasteiger partial charge in [-0.25, -0.2) is 0 Å². The van der Waals surface area contributed by atoms with E-state index in [-0.39, 0.29) is 53.4 Å². The average Bonchev–Trinajstić information content (AvgIpc) is 3.53. The van der Waals surface area contributed by atoms with E-state index in [1.54, 1.807) is 4.90 Å². The highest BCUT2D eigenvalue weighted by molar-refractivity contribution is 14.1. The molecule has 0 spiro atoms. The summed E-state index contributed by atoms with van der Waals surface area (Å²) in [5, 5.41) is 3.01. The first kappa shape index (κ1) is 19.0. The van der Waals surface area contributed by atoms with Gasteiger partial charge in [0.1, 0.15) is 0 Å². The Morgan fingerprint density at radius 1 is 0.900 bits per heavy atom. The molecule has 2 bridgehead atoms. The third-order valence-corrected chi connectivity index (χ3v) is 8.96. The Hall–Kier alpha value is -1.70. The fourth-order valence-electron chi connectivity index (χ4n) is 6.71. The zero-order valence-corrected chi connectivity index (χ0v) is 18.8. The van der Waals surface area contributed by atoms with Gasteiger partial charge in [0.2, 0.25) is 17.7 Å². The summed E-state index contributed by atoms with van der Waals surface area (Å²) in [7, 11) is 0. The van der Waals surface area contributed by atoms with Crippen LogP contribution < -0.4 is 5.32 Å². The Bertz CT molecular complexity index is 914. The van der Waals surface area contributed by atoms with Crippen LogP contribution in [0.15, 0.2) is 36.4 Å². The van der Waals surface area contributed by atoms with Gasteiger partial charge in [-0.2, -0.15) is 0 Å². The molecule has 0 unspecified atom stereocenters. The minimum Gasteiger partial charge on any atom is -0.326 e. The van der Waals surface area contributed by atoms with Crippen LogP contribution >= 0.6 is 22.6 Å². The van der Waals surface area contributed by atoms with E-state index in [4.69, 9.17) is 0 Å². The second kappa shape index (κ2) is 6.90. The van der Waals surface area contributed by atoms with Crippen molar-refractivity contribution in [1.29, 1.82) is 0 Å². The number of imide groups is 1. The number of nitrogens with one attached hydrogen (secondary N) is 1. The molecule has 1 aromatic rings. The van der Waals surface area contributed by atoms with Crippen molar-refractivity contribution in [1.82, 2.24) is 4.90 Å². The van der Waals surface area contributed by atoms with Crippen molar-refractivity contribution in [2.45, 2.75) is 38.1 Å². The number of carbonyl (C=O) groups is 3. The van der Waals surface area contributed by atoms with Gasteiger partial charge in [-0.3, -0.25) is 19.3 Å². The number of halogens is 1. The molecule has 3 saturated carbocycles. The van der Waals surface area contributed by atoms with Crippen molar-refractivity contribution in [2.75, 3.05) is 5.32 Å². The third kappa shape index (κ3) is 2.82. The first-order chi connectivity index (χ1) is 14.5. The molecule has 5 nitrogen and oxygen atoms in total. The number of amides is 3. The van der Waals surface area contributed by atoms with Gasteiger partial charge in [-0.1, -0.05) is 12.2 Å². The summed E-state index contributed by atoms with van der Waals surface area (Å²) in [6.45, 7) is 0. The van der Waals surface area contributed by atoms with Crippen LogP contribution in [0, 0.1) is 45.0 Å². The fourth-order valence-corrected chi connectivity index (χ4v) is 7.07. The predicted molar refractivity (Wildman–Crippen MR) is 120 cm³/mol. The topological polar surface area (TPSA) is 66.5 Å². The standard InChI is InChI=1S/C24H25IN2O3/c25-13-3-5-14(6-4-13)26-22(28)12-1-7-15(8-2-12)27-23(29)20-16-9-10-17(19-11-18(16)19)21(20)24(27)30/h3-6,9-10,12,15-21H,1-2,7-8,11H2,(H,26,28)/t12?,15?,16-,17+,18+,19-,20-,21+. The minimum absolute atomic E-state index is 0.0336. The molecule has 156 valence electrons. The van der Waals surface area contributed by atoms with Crippen LogP contribution in [0.3, 0.4) is 0 Å². The highest BCUT2D eigenvalue weighted by Gasteiger charge is 2.67. The van der Waals surface area contributed by atoms with Crippen molar-refractivity contribution in [2.24, 2.45) is 41.4 Å². The van der Waals surface area contributed by atoms with Gasteiger partial charge in [-0.15, -0.1) is 0 Å². The Morgan fingerprint density at radius 2 is 1.47 bits per heavy atom. The fraction of sp³-hybridized carbons (Fsp3) is 0.542. The molecule has 30 heavy (non-hydrogen) atoms. The lowest BCUT2D eigenvalue weighted by molar-refractivity contribution is -0.144. The number of likely N-dealkylation sites (tertiary alicyclic amines) is 1. The molecule has 4 fully saturated rings. The van der Waals surface area contributed by atoms with E-state index in [1.165, 1.54) is 6.42 Å². The van der Waals surface area contributed by atoms with E-state index >= 15 is 0 Å². The van der Waals surface area contributed by atoms with Crippen LogP contribution in [0.1, 0.15) is 32.1 Å². The van der Waals surface area contributed by atoms with Gasteiger partial charge in [0.15, 0.2) is 0 Å². The lowest BCUT2D eigenvalue weighted by atomic mass is 9.63. The summed E-state index contributed by atoms with van der Waals surface area (Å²) in [4.78, 5) is 40.9. The first-order valence-corrected chi connectivity index (χ1v) is 12.2. The molecule has 0 aromatic heterocycles. The molecule has 7 rings (SSSR count). The number of nitrogens with zero attached hydrogens (tertiary/aromatic N) is 1. The molecular formula is C24H25IN2O3. The van der Waals surface area contributed by atoms with Crippen LogP contribution in [-0.4, -0.2) is 28.7 Å². The molecular weight excluding hydrogens is 491 g/mol. The van der Waals surface area contributed by atoms with Crippen LogP contribution in [-0.2, 0) is 14.4 Å². The number of benzene rings is 1. The van der Waals surface area contributed by atoms with Gasteiger partial charge in [0, 0.05) is 21.2 Å². The predicted octanol–water partition coefficient (Wildman–Crippen LogP) is 3.84. The van der Waals surface area contributed by atoms with E-state index in [0.717, 1.165) is 34.9 Å². The maximum absolute atomic E-state index is 13.3. The zero-order valence-electron chi connectivity index (χ0n) is 16.7. The molecule has 0 radical (unpaired) electrons. The Kier molecular flexibility index (Phi) is 4.38. The summed E-state index contributed by atoms with van der Waals surface area (Å²) < 4.78 is 1.13. The largest absolute Gasteiger partial charge is 0.326 e. The number of anilines is 1. The number of carbonyl (C=O) groups excluding carboxylic acids is 3. The lowest BCUT2D eigenvalue weighted by Crippen LogP contribution is -2.44. The van der Waals surface area contributed by atoms with Crippen molar-refractivity contribution < 1.29 is 14.4 Å². The van der Waals surface area contributed by atoms with E-state index < -0.39 is 0 Å². The normalized spacial score (nSPS) is 40.9. The molecule has 6 aliphatic rings. The summed E-state index contributed by atoms with van der Waals surface area (Å²) in [5.74, 6) is 1.74. The Balaban J connectivity index is 1.11. The molecule has 1 saturated heterocycles. The van der Waals surface area contributed by atoms with Crippen molar-refractivity contribution >= 4 is 46.0 Å². The van der Waals surface area contributed by atoms with Gasteiger partial charge in [0.25, 0.3) is 0 Å². The number of hydrogen-bond acceptors (Lipinski definition) is 3. The van der Waals surface area contributed by atoms with Crippen molar-refractivity contribution in [3.8, 4) is 0 Å². The van der Waals surface area contributed by atoms with E-state index in [9.17, 15) is 14.4 Å². The highest BCUT2D eigenvalue weighted by atomic mass is 127. The first-order valence-electron chi connectivity index (χ1n) is 11.1. The molecule has 1 N–H and O–H groups in total. The van der Waals surface area contributed by atoms with Crippen LogP contribution in [0.4, 0.5) is 5.69 Å². The highest BCUT2D eigenvalue weighted by Crippen LogP contribution is 2.65. The van der Waals surface area contributed by atoms with Crippen LogP contribution in [0.2, 0.25) is 0 Å². The molecule has 1 aromatic carbocycles. The number of hydrogen-bond donors (Lipinski definition) is 1. The number of rotatable bonds is 3. The summed E-state index contributed by atoms with van der Waals surface area (Å²) in [5.41, 5.74) is 0.818. The Morgan fingerprint density at radius 3 is 2.03 bits per heavy atom. The third-order valence-electron chi connectivity index (χ3n) is 8.24. The average molecular weight is 516 g/mol. The molecule has 3 amide bonds. The minimum atomic E-state index is -0.113. The molecule has 1 heterocycles. The monoisotopic (exact) mass is 516 g/mol. The summed E-state index contributed by atoms with van der Waals surface area (Å²) >= 11 is 2.24. The van der Waals surface area contributed by atoms with Gasteiger partial charge < -0.3 is 5.32 Å². The van der Waals surface area contributed by atoms with E-state index in [1.807, 2.05) is 24.3 Å². The SMILES string of the molecule is O=C(Nc1ccc(I)cc1)C1CCC(N2C(=O)[C@@H]3[C@@H]4C=C[C@@H]([C@H]5C[C@@H]45)[C@@H]3C2=O)CC1. The second-order valence-electron chi connectivity index (χ2n) is 9.70. The van der Waals surface area contributed by atoms with Gasteiger partial charge >= 0.3 is 0 Å². The second-order valence-corrected chi connectivity index (χ2v) is 10.9. The van der Waals surface area contributed by atoms with Crippen LogP contribution in [0.25, 0.3) is 0 Å². The lowest BCUT2D eigenvalue weighted by Gasteiger charge is -2.37. The summed E-state index contributed by atoms with van der Waals surface area (Å²) in [6, 6.07) is 7.75. The number of allylic oxidation sites excluding steroid dienone is 2. The molecule has 1 aliphatic heterocycles. The maximum atomic E-state index is 13.3. The van der Waals surface area contributed by atoms with Gasteiger partial charge in [0.05, 0.1) is 11.8 Å². The van der Waals surface area contributed by atoms with Crippen molar-refractivity contribution in [3.63, 3.8) is 0 Å². The summed E-state index contributed by atoms with van der Waals surface area (Å²) in [6.07, 6.45) is 8.56. The van der Waals surface area contributed by atoms with Gasteiger partial charge in [-0.05, 0) is 103 Å². The zero-order chi connectivity index (χ0) is 20.6. The molecule has 6 heteroatoms. The molecule has 5 aliphatic carbocycles. The van der Waals surface area contributed by atoms with E-state index in [0.29, 0.717) is 11.8 Å². The maximum Gasteiger partial charge on any atom is 0.233 e. The smallest absolute Gasteiger partial charge is 0.233 e. The van der Waals surface area contributed by atoms with E-state index in [2.05, 4.69) is 40.1 Å². The quantitative estimate of drug-likeness (QED) is 0.377. The van der Waals surface area contributed by atoms with Crippen molar-refractivity contribution in [3.05, 3.63) is 40.0 Å². The molecule has 6 atom stereocenters.